The van der Waals surface area contributed by atoms with E-state index in [2.05, 4.69) is 10.1 Å². The van der Waals surface area contributed by atoms with E-state index in [0.717, 1.165) is 12.1 Å². The first-order valence-electron chi connectivity index (χ1n) is 6.63. The zero-order valence-corrected chi connectivity index (χ0v) is 12.3. The van der Waals surface area contributed by atoms with Gasteiger partial charge in [0.1, 0.15) is 17.1 Å². The quantitative estimate of drug-likeness (QED) is 0.598. The van der Waals surface area contributed by atoms with Gasteiger partial charge in [0, 0.05) is 12.1 Å². The number of aromatic hydroxyl groups is 2. The number of carbonyl (C=O) groups is 3. The summed E-state index contributed by atoms with van der Waals surface area (Å²) in [5.41, 5.74) is -0.199. The number of rotatable bonds is 5. The van der Waals surface area contributed by atoms with E-state index in [-0.39, 0.29) is 17.4 Å². The number of phenols is 2. The third kappa shape index (κ3) is 5.31. The van der Waals surface area contributed by atoms with E-state index >= 15 is 0 Å². The van der Waals surface area contributed by atoms with Gasteiger partial charge in [-0.1, -0.05) is 6.92 Å². The Balaban J connectivity index is 2.46. The van der Waals surface area contributed by atoms with Crippen LogP contribution in [0.2, 0.25) is 0 Å². The first-order valence-corrected chi connectivity index (χ1v) is 6.63. The maximum Gasteiger partial charge on any atom is 0.342 e. The number of urea groups is 1. The summed E-state index contributed by atoms with van der Waals surface area (Å²) in [5, 5.41) is 23.1. The third-order valence-corrected chi connectivity index (χ3v) is 2.78. The normalized spacial score (nSPS) is 11.4. The highest BCUT2D eigenvalue weighted by Gasteiger charge is 2.16. The molecule has 8 nitrogen and oxygen atoms in total. The molecule has 22 heavy (non-hydrogen) atoms. The third-order valence-electron chi connectivity index (χ3n) is 2.78. The molecule has 0 bridgehead atoms. The number of hydrogen-bond donors (Lipinski definition) is 4. The maximum absolute atomic E-state index is 11.6. The Labute approximate surface area is 127 Å². The fraction of sp³-hybridized carbons (Fsp3) is 0.357. The second-order valence-electron chi connectivity index (χ2n) is 4.61. The second kappa shape index (κ2) is 7.87. The number of carbonyl (C=O) groups excluding carboxylic acids is 3. The van der Waals surface area contributed by atoms with Crippen LogP contribution in [0.3, 0.4) is 0 Å². The van der Waals surface area contributed by atoms with Crippen molar-refractivity contribution in [1.29, 1.82) is 0 Å². The topological polar surface area (TPSA) is 125 Å². The number of amides is 3. The number of esters is 1. The smallest absolute Gasteiger partial charge is 0.342 e. The summed E-state index contributed by atoms with van der Waals surface area (Å²) in [6.07, 6.45) is 0.705. The Morgan fingerprint density at radius 1 is 1.27 bits per heavy atom. The highest BCUT2D eigenvalue weighted by molar-refractivity contribution is 5.97. The lowest BCUT2D eigenvalue weighted by molar-refractivity contribution is -0.123. The van der Waals surface area contributed by atoms with Crippen LogP contribution in [-0.2, 0) is 9.53 Å². The lowest BCUT2D eigenvalue weighted by atomic mass is 10.2. The zero-order chi connectivity index (χ0) is 16.7. The van der Waals surface area contributed by atoms with Crippen LogP contribution in [0.15, 0.2) is 18.2 Å². The van der Waals surface area contributed by atoms with Crippen molar-refractivity contribution in [1.82, 2.24) is 10.6 Å². The second-order valence-corrected chi connectivity index (χ2v) is 4.61. The van der Waals surface area contributed by atoms with Gasteiger partial charge in [-0.15, -0.1) is 0 Å². The lowest BCUT2D eigenvalue weighted by Gasteiger charge is -2.12. The average molecular weight is 310 g/mol. The number of ether oxygens (including phenoxy) is 1. The molecule has 4 N–H and O–H groups in total. The van der Waals surface area contributed by atoms with Crippen molar-refractivity contribution in [3.05, 3.63) is 23.8 Å². The Morgan fingerprint density at radius 2 is 1.95 bits per heavy atom. The van der Waals surface area contributed by atoms with E-state index in [1.165, 1.54) is 6.07 Å². The highest BCUT2D eigenvalue weighted by Crippen LogP contribution is 2.22. The summed E-state index contributed by atoms with van der Waals surface area (Å²) in [6, 6.07) is 2.54. The fourth-order valence-corrected chi connectivity index (χ4v) is 1.43. The van der Waals surface area contributed by atoms with E-state index in [1.807, 2.05) is 12.2 Å². The Hall–Kier alpha value is -2.77. The molecule has 3 amide bonds. The Kier molecular flexibility index (Phi) is 6.18. The summed E-state index contributed by atoms with van der Waals surface area (Å²) >= 11 is 0. The van der Waals surface area contributed by atoms with Gasteiger partial charge in [0.25, 0.3) is 5.91 Å². The summed E-state index contributed by atoms with van der Waals surface area (Å²) in [4.78, 5) is 34.5. The Morgan fingerprint density at radius 3 is 2.55 bits per heavy atom. The zero-order valence-electron chi connectivity index (χ0n) is 12.3. The Bertz CT molecular complexity index is 572. The number of benzene rings is 1. The molecule has 0 aromatic heterocycles. The fourth-order valence-electron chi connectivity index (χ4n) is 1.43. The number of hydrogen-bond acceptors (Lipinski definition) is 6. The molecular formula is C14H18N2O6. The minimum absolute atomic E-state index is 0.0932. The van der Waals surface area contributed by atoms with Gasteiger partial charge in [0.15, 0.2) is 6.61 Å². The van der Waals surface area contributed by atoms with Gasteiger partial charge in [0.2, 0.25) is 0 Å². The van der Waals surface area contributed by atoms with Crippen molar-refractivity contribution in [2.24, 2.45) is 0 Å². The molecule has 0 fully saturated rings. The molecule has 0 spiro atoms. The molecular weight excluding hydrogens is 292 g/mol. The molecule has 1 aromatic carbocycles. The van der Waals surface area contributed by atoms with E-state index in [9.17, 15) is 19.5 Å². The van der Waals surface area contributed by atoms with Gasteiger partial charge in [-0.3, -0.25) is 10.1 Å². The SMILES string of the molecule is CC[C@H](C)NC(=O)NC(=O)COC(=O)c1ccc(O)cc1O. The van der Waals surface area contributed by atoms with Crippen LogP contribution in [-0.4, -0.2) is 40.8 Å². The van der Waals surface area contributed by atoms with Crippen LogP contribution in [0.4, 0.5) is 4.79 Å². The first-order chi connectivity index (χ1) is 10.3. The molecule has 0 unspecified atom stereocenters. The van der Waals surface area contributed by atoms with E-state index in [0.29, 0.717) is 6.42 Å². The predicted octanol–water partition coefficient (Wildman–Crippen LogP) is 0.879. The van der Waals surface area contributed by atoms with Gasteiger partial charge in [0.05, 0.1) is 0 Å². The van der Waals surface area contributed by atoms with Crippen LogP contribution in [0.1, 0.15) is 30.6 Å². The van der Waals surface area contributed by atoms with Crippen LogP contribution in [0, 0.1) is 0 Å². The van der Waals surface area contributed by atoms with Crippen LogP contribution in [0.25, 0.3) is 0 Å². The van der Waals surface area contributed by atoms with Crippen molar-refractivity contribution in [3.63, 3.8) is 0 Å². The van der Waals surface area contributed by atoms with E-state index in [4.69, 9.17) is 5.11 Å². The van der Waals surface area contributed by atoms with Crippen molar-refractivity contribution in [2.45, 2.75) is 26.3 Å². The minimum atomic E-state index is -0.949. The molecule has 120 valence electrons. The summed E-state index contributed by atoms with van der Waals surface area (Å²) in [7, 11) is 0. The van der Waals surface area contributed by atoms with E-state index in [1.54, 1.807) is 6.92 Å². The molecule has 1 aromatic rings. The maximum atomic E-state index is 11.6. The summed E-state index contributed by atoms with van der Waals surface area (Å²) < 4.78 is 4.67. The van der Waals surface area contributed by atoms with Crippen molar-refractivity contribution in [2.75, 3.05) is 6.61 Å². The van der Waals surface area contributed by atoms with Gasteiger partial charge in [-0.25, -0.2) is 9.59 Å². The molecule has 1 rings (SSSR count). The molecule has 0 aliphatic heterocycles. The molecule has 0 saturated heterocycles. The van der Waals surface area contributed by atoms with Crippen molar-refractivity contribution >= 4 is 17.9 Å². The van der Waals surface area contributed by atoms with Gasteiger partial charge < -0.3 is 20.3 Å². The van der Waals surface area contributed by atoms with Crippen LogP contribution < -0.4 is 10.6 Å². The van der Waals surface area contributed by atoms with Gasteiger partial charge in [-0.2, -0.15) is 0 Å². The summed E-state index contributed by atoms with van der Waals surface area (Å²) in [5.74, 6) is -2.43. The molecule has 0 radical (unpaired) electrons. The minimum Gasteiger partial charge on any atom is -0.508 e. The van der Waals surface area contributed by atoms with Crippen LogP contribution in [0.5, 0.6) is 11.5 Å². The number of imide groups is 1. The molecule has 0 saturated carbocycles. The van der Waals surface area contributed by atoms with Gasteiger partial charge in [-0.05, 0) is 25.5 Å². The molecule has 0 aliphatic rings. The lowest BCUT2D eigenvalue weighted by Crippen LogP contribution is -2.44. The van der Waals surface area contributed by atoms with Gasteiger partial charge >= 0.3 is 12.0 Å². The standard InChI is InChI=1S/C14H18N2O6/c1-3-8(2)15-14(21)16-12(19)7-22-13(20)10-5-4-9(17)6-11(10)18/h4-6,8,17-18H,3,7H2,1-2H3,(H2,15,16,19,21)/t8-/m0/s1. The van der Waals surface area contributed by atoms with E-state index < -0.39 is 30.3 Å². The van der Waals surface area contributed by atoms with Crippen molar-refractivity contribution in [3.8, 4) is 11.5 Å². The molecule has 0 heterocycles. The molecule has 1 atom stereocenters. The molecule has 8 heteroatoms. The number of phenolic OH excluding ortho intramolecular Hbond substituents is 2. The largest absolute Gasteiger partial charge is 0.508 e. The predicted molar refractivity (Wildman–Crippen MR) is 76.5 cm³/mol. The summed E-state index contributed by atoms with van der Waals surface area (Å²) in [6.45, 7) is 2.98. The number of nitrogens with one attached hydrogen (secondary N) is 2. The van der Waals surface area contributed by atoms with Crippen LogP contribution >= 0.6 is 0 Å². The van der Waals surface area contributed by atoms with Crippen molar-refractivity contribution < 1.29 is 29.3 Å². The first kappa shape index (κ1) is 17.3. The highest BCUT2D eigenvalue weighted by atomic mass is 16.5. The molecule has 0 aliphatic carbocycles. The average Bonchev–Trinajstić information content (AvgIpc) is 2.44. The monoisotopic (exact) mass is 310 g/mol.